The standard InChI is InChI=1S/C15H22BrNO2/c1-17-9-13-2-3-14(15(16)8-13)11-19-10-12-4-6-18-7-5-12/h2-3,8,12,17H,4-7,9-11H2,1H3. The molecule has 0 aliphatic carbocycles. The van der Waals surface area contributed by atoms with E-state index in [0.717, 1.165) is 43.7 Å². The van der Waals surface area contributed by atoms with E-state index in [0.29, 0.717) is 12.5 Å². The second-order valence-electron chi connectivity index (χ2n) is 5.03. The third-order valence-corrected chi connectivity index (χ3v) is 4.19. The summed E-state index contributed by atoms with van der Waals surface area (Å²) in [7, 11) is 1.96. The zero-order valence-electron chi connectivity index (χ0n) is 11.5. The van der Waals surface area contributed by atoms with Gasteiger partial charge in [0, 0.05) is 24.2 Å². The van der Waals surface area contributed by atoms with E-state index in [4.69, 9.17) is 9.47 Å². The Bertz CT molecular complexity index is 392. The Morgan fingerprint density at radius 3 is 2.84 bits per heavy atom. The molecule has 0 atom stereocenters. The van der Waals surface area contributed by atoms with Crippen LogP contribution in [-0.2, 0) is 22.6 Å². The van der Waals surface area contributed by atoms with Gasteiger partial charge in [-0.1, -0.05) is 28.1 Å². The van der Waals surface area contributed by atoms with Gasteiger partial charge in [0.05, 0.1) is 13.2 Å². The first kappa shape index (κ1) is 15.0. The van der Waals surface area contributed by atoms with Gasteiger partial charge in [-0.2, -0.15) is 0 Å². The highest BCUT2D eigenvalue weighted by Crippen LogP contribution is 2.21. The first-order valence-corrected chi connectivity index (χ1v) is 7.66. The predicted molar refractivity (Wildman–Crippen MR) is 80.1 cm³/mol. The summed E-state index contributed by atoms with van der Waals surface area (Å²) < 4.78 is 12.3. The summed E-state index contributed by atoms with van der Waals surface area (Å²) >= 11 is 3.62. The molecule has 3 nitrogen and oxygen atoms in total. The minimum absolute atomic E-state index is 0.663. The molecule has 1 aliphatic rings. The largest absolute Gasteiger partial charge is 0.381 e. The van der Waals surface area contributed by atoms with Crippen LogP contribution in [0.2, 0.25) is 0 Å². The molecule has 19 heavy (non-hydrogen) atoms. The lowest BCUT2D eigenvalue weighted by molar-refractivity contribution is 0.0156. The average Bonchev–Trinajstić information content (AvgIpc) is 2.43. The van der Waals surface area contributed by atoms with Crippen molar-refractivity contribution in [2.24, 2.45) is 5.92 Å². The number of ether oxygens (including phenoxy) is 2. The summed E-state index contributed by atoms with van der Waals surface area (Å²) in [6.07, 6.45) is 2.25. The molecule has 1 aliphatic heterocycles. The van der Waals surface area contributed by atoms with Gasteiger partial charge >= 0.3 is 0 Å². The Hall–Kier alpha value is -0.420. The lowest BCUT2D eigenvalue weighted by atomic mass is 10.0. The summed E-state index contributed by atoms with van der Waals surface area (Å²) in [6.45, 7) is 4.18. The van der Waals surface area contributed by atoms with Crippen LogP contribution in [0, 0.1) is 5.92 Å². The van der Waals surface area contributed by atoms with E-state index >= 15 is 0 Å². The first-order chi connectivity index (χ1) is 9.29. The molecule has 4 heteroatoms. The second kappa shape index (κ2) is 8.00. The average molecular weight is 328 g/mol. The predicted octanol–water partition coefficient (Wildman–Crippen LogP) is 3.11. The monoisotopic (exact) mass is 327 g/mol. The topological polar surface area (TPSA) is 30.5 Å². The maximum Gasteiger partial charge on any atom is 0.0727 e. The highest BCUT2D eigenvalue weighted by atomic mass is 79.9. The maximum absolute atomic E-state index is 5.84. The highest BCUT2D eigenvalue weighted by Gasteiger charge is 2.13. The van der Waals surface area contributed by atoms with Gasteiger partial charge in [-0.05, 0) is 43.0 Å². The zero-order valence-corrected chi connectivity index (χ0v) is 13.0. The van der Waals surface area contributed by atoms with Crippen molar-refractivity contribution >= 4 is 15.9 Å². The summed E-state index contributed by atoms with van der Waals surface area (Å²) in [5, 5.41) is 3.15. The van der Waals surface area contributed by atoms with Crippen molar-refractivity contribution in [1.82, 2.24) is 5.32 Å². The van der Waals surface area contributed by atoms with Crippen LogP contribution in [-0.4, -0.2) is 26.9 Å². The lowest BCUT2D eigenvalue weighted by Gasteiger charge is -2.21. The van der Waals surface area contributed by atoms with E-state index in [1.165, 1.54) is 11.1 Å². The van der Waals surface area contributed by atoms with Gasteiger partial charge in [-0.15, -0.1) is 0 Å². The summed E-state index contributed by atoms with van der Waals surface area (Å²) in [6, 6.07) is 6.44. The van der Waals surface area contributed by atoms with Crippen molar-refractivity contribution in [3.8, 4) is 0 Å². The molecule has 0 amide bonds. The molecule has 1 saturated heterocycles. The van der Waals surface area contributed by atoms with Crippen LogP contribution in [0.5, 0.6) is 0 Å². The van der Waals surface area contributed by atoms with Crippen molar-refractivity contribution < 1.29 is 9.47 Å². The van der Waals surface area contributed by atoms with Gasteiger partial charge in [0.15, 0.2) is 0 Å². The van der Waals surface area contributed by atoms with Crippen molar-refractivity contribution in [1.29, 1.82) is 0 Å². The van der Waals surface area contributed by atoms with Gasteiger partial charge < -0.3 is 14.8 Å². The van der Waals surface area contributed by atoms with Crippen molar-refractivity contribution in [3.05, 3.63) is 33.8 Å². The van der Waals surface area contributed by atoms with Gasteiger partial charge in [0.2, 0.25) is 0 Å². The van der Waals surface area contributed by atoms with Gasteiger partial charge in [0.25, 0.3) is 0 Å². The molecular formula is C15H22BrNO2. The molecule has 0 bridgehead atoms. The third kappa shape index (κ3) is 4.88. The van der Waals surface area contributed by atoms with E-state index < -0.39 is 0 Å². The minimum atomic E-state index is 0.663. The number of nitrogens with one attached hydrogen (secondary N) is 1. The molecule has 0 radical (unpaired) electrons. The van der Waals surface area contributed by atoms with E-state index in [1.54, 1.807) is 0 Å². The van der Waals surface area contributed by atoms with Crippen LogP contribution in [0.25, 0.3) is 0 Å². The maximum atomic E-state index is 5.84. The Balaban J connectivity index is 1.78. The number of benzene rings is 1. The number of rotatable bonds is 6. The normalized spacial score (nSPS) is 16.7. The Morgan fingerprint density at radius 1 is 1.37 bits per heavy atom. The SMILES string of the molecule is CNCc1ccc(COCC2CCOCC2)c(Br)c1. The van der Waals surface area contributed by atoms with Crippen LogP contribution in [0.15, 0.2) is 22.7 Å². The van der Waals surface area contributed by atoms with E-state index in [-0.39, 0.29) is 0 Å². The van der Waals surface area contributed by atoms with Crippen molar-refractivity contribution in [3.63, 3.8) is 0 Å². The molecule has 0 aromatic heterocycles. The molecule has 2 rings (SSSR count). The number of halogens is 1. The fraction of sp³-hybridized carbons (Fsp3) is 0.600. The molecule has 1 aromatic carbocycles. The van der Waals surface area contributed by atoms with Crippen LogP contribution < -0.4 is 5.32 Å². The molecule has 0 unspecified atom stereocenters. The first-order valence-electron chi connectivity index (χ1n) is 6.87. The lowest BCUT2D eigenvalue weighted by Crippen LogP contribution is -2.20. The summed E-state index contributed by atoms with van der Waals surface area (Å²) in [5.74, 6) is 0.663. The van der Waals surface area contributed by atoms with Crippen molar-refractivity contribution in [2.75, 3.05) is 26.9 Å². The van der Waals surface area contributed by atoms with Crippen molar-refractivity contribution in [2.45, 2.75) is 26.0 Å². The molecule has 0 spiro atoms. The highest BCUT2D eigenvalue weighted by molar-refractivity contribution is 9.10. The van der Waals surface area contributed by atoms with Crippen LogP contribution in [0.4, 0.5) is 0 Å². The molecule has 1 N–H and O–H groups in total. The third-order valence-electron chi connectivity index (χ3n) is 3.45. The van der Waals surface area contributed by atoms with E-state index in [1.807, 2.05) is 7.05 Å². The van der Waals surface area contributed by atoms with Gasteiger partial charge in [-0.3, -0.25) is 0 Å². The molecule has 0 saturated carbocycles. The van der Waals surface area contributed by atoms with Gasteiger partial charge in [-0.25, -0.2) is 0 Å². The van der Waals surface area contributed by atoms with Crippen LogP contribution >= 0.6 is 15.9 Å². The summed E-state index contributed by atoms with van der Waals surface area (Å²) in [5.41, 5.74) is 2.49. The number of hydrogen-bond donors (Lipinski definition) is 1. The second-order valence-corrected chi connectivity index (χ2v) is 5.88. The van der Waals surface area contributed by atoms with E-state index in [9.17, 15) is 0 Å². The molecule has 1 heterocycles. The smallest absolute Gasteiger partial charge is 0.0727 e. The zero-order chi connectivity index (χ0) is 13.5. The minimum Gasteiger partial charge on any atom is -0.381 e. The van der Waals surface area contributed by atoms with Crippen LogP contribution in [0.1, 0.15) is 24.0 Å². The fourth-order valence-electron chi connectivity index (χ4n) is 2.27. The Kier molecular flexibility index (Phi) is 6.31. The summed E-state index contributed by atoms with van der Waals surface area (Å²) in [4.78, 5) is 0. The molecule has 1 aromatic rings. The molecule has 106 valence electrons. The fourth-order valence-corrected chi connectivity index (χ4v) is 2.81. The van der Waals surface area contributed by atoms with Gasteiger partial charge in [0.1, 0.15) is 0 Å². The van der Waals surface area contributed by atoms with Crippen LogP contribution in [0.3, 0.4) is 0 Å². The number of hydrogen-bond acceptors (Lipinski definition) is 3. The quantitative estimate of drug-likeness (QED) is 0.870. The van der Waals surface area contributed by atoms with E-state index in [2.05, 4.69) is 39.4 Å². The molecule has 1 fully saturated rings. The molecular weight excluding hydrogens is 306 g/mol. The Labute approximate surface area is 123 Å². The Morgan fingerprint density at radius 2 is 2.16 bits per heavy atom.